The predicted molar refractivity (Wildman–Crippen MR) is 161 cm³/mol. The molecule has 1 saturated heterocycles. The van der Waals surface area contributed by atoms with Crippen LogP contribution in [0.5, 0.6) is 0 Å². The molecule has 1 heterocycles. The van der Waals surface area contributed by atoms with Crippen LogP contribution in [-0.4, -0.2) is 70.8 Å². The number of ether oxygens (including phenoxy) is 1. The second-order valence-corrected chi connectivity index (χ2v) is 13.0. The molecule has 1 amide bonds. The van der Waals surface area contributed by atoms with Gasteiger partial charge in [-0.05, 0) is 105 Å². The van der Waals surface area contributed by atoms with Gasteiger partial charge in [-0.1, -0.05) is 25.1 Å². The Hall–Kier alpha value is -3.11. The van der Waals surface area contributed by atoms with Crippen LogP contribution < -0.4 is 5.32 Å². The summed E-state index contributed by atoms with van der Waals surface area (Å²) in [7, 11) is 0. The van der Waals surface area contributed by atoms with Crippen molar-refractivity contribution in [2.75, 3.05) is 26.2 Å². The number of hydrogen-bond acceptors (Lipinski definition) is 5. The van der Waals surface area contributed by atoms with Gasteiger partial charge in [0.15, 0.2) is 11.6 Å². The van der Waals surface area contributed by atoms with Crippen molar-refractivity contribution >= 4 is 12.1 Å². The summed E-state index contributed by atoms with van der Waals surface area (Å²) >= 11 is 0. The van der Waals surface area contributed by atoms with Gasteiger partial charge >= 0.3 is 12.1 Å². The number of carbonyl (C=O) groups is 2. The zero-order valence-electron chi connectivity index (χ0n) is 25.6. The SMILES string of the molecule is CCCN(C(=O)OCc1ccc(F)c(F)c1)C1CCN(C[C@H]2C[C@H](C3(N[C@@H](C)C(=O)O)CC3)C[C@@H]2c2cccc(F)c2)CC1. The molecule has 7 nitrogen and oxygen atoms in total. The Bertz CT molecular complexity index is 1310. The molecule has 3 fully saturated rings. The van der Waals surface area contributed by atoms with E-state index in [0.717, 1.165) is 82.3 Å². The number of carboxylic acid groups (broad SMARTS) is 1. The topological polar surface area (TPSA) is 82.1 Å². The highest BCUT2D eigenvalue weighted by molar-refractivity contribution is 5.73. The Balaban J connectivity index is 1.20. The zero-order chi connectivity index (χ0) is 31.4. The van der Waals surface area contributed by atoms with E-state index in [1.165, 1.54) is 12.1 Å². The minimum atomic E-state index is -0.970. The zero-order valence-corrected chi connectivity index (χ0v) is 25.6. The molecule has 5 rings (SSSR count). The van der Waals surface area contributed by atoms with E-state index >= 15 is 0 Å². The molecule has 0 unspecified atom stereocenters. The fourth-order valence-electron chi connectivity index (χ4n) is 7.49. The number of likely N-dealkylation sites (tertiary alicyclic amines) is 1. The van der Waals surface area contributed by atoms with Crippen LogP contribution in [0.3, 0.4) is 0 Å². The third-order valence-corrected chi connectivity index (χ3v) is 9.95. The molecule has 2 aromatic carbocycles. The first-order valence-corrected chi connectivity index (χ1v) is 15.9. The van der Waals surface area contributed by atoms with E-state index in [2.05, 4.69) is 10.2 Å². The average Bonchev–Trinajstić information content (AvgIpc) is 3.66. The number of aliphatic carboxylic acids is 1. The molecule has 2 aliphatic carbocycles. The van der Waals surface area contributed by atoms with Gasteiger partial charge in [0.2, 0.25) is 0 Å². The van der Waals surface area contributed by atoms with E-state index in [1.807, 2.05) is 13.0 Å². The van der Waals surface area contributed by atoms with Crippen LogP contribution in [0.25, 0.3) is 0 Å². The van der Waals surface area contributed by atoms with Crippen LogP contribution in [0, 0.1) is 29.3 Å². The highest BCUT2D eigenvalue weighted by Crippen LogP contribution is 2.55. The number of rotatable bonds is 12. The number of nitrogens with zero attached hydrogens (tertiary/aromatic N) is 2. The van der Waals surface area contributed by atoms with E-state index in [-0.39, 0.29) is 29.9 Å². The second-order valence-electron chi connectivity index (χ2n) is 13.0. The molecule has 1 aliphatic heterocycles. The summed E-state index contributed by atoms with van der Waals surface area (Å²) in [6.45, 7) is 6.63. The number of carboxylic acids is 1. The summed E-state index contributed by atoms with van der Waals surface area (Å²) in [6.07, 6.45) is 5.70. The predicted octanol–water partition coefficient (Wildman–Crippen LogP) is 6.32. The van der Waals surface area contributed by atoms with Crippen LogP contribution >= 0.6 is 0 Å². The van der Waals surface area contributed by atoms with E-state index in [9.17, 15) is 27.9 Å². The van der Waals surface area contributed by atoms with Gasteiger partial charge in [-0.3, -0.25) is 10.1 Å². The van der Waals surface area contributed by atoms with Crippen molar-refractivity contribution in [1.82, 2.24) is 15.1 Å². The van der Waals surface area contributed by atoms with E-state index < -0.39 is 29.7 Å². The molecule has 240 valence electrons. The van der Waals surface area contributed by atoms with Crippen LogP contribution in [0.2, 0.25) is 0 Å². The second kappa shape index (κ2) is 13.9. The van der Waals surface area contributed by atoms with E-state index in [0.29, 0.717) is 23.9 Å². The Morgan fingerprint density at radius 2 is 1.84 bits per heavy atom. The number of amides is 1. The minimum Gasteiger partial charge on any atom is -0.480 e. The smallest absolute Gasteiger partial charge is 0.410 e. The normalized spacial score (nSPS) is 24.2. The van der Waals surface area contributed by atoms with Gasteiger partial charge in [0.1, 0.15) is 18.5 Å². The minimum absolute atomic E-state index is 0.0236. The first-order valence-electron chi connectivity index (χ1n) is 15.9. The third-order valence-electron chi connectivity index (χ3n) is 9.95. The van der Waals surface area contributed by atoms with Crippen LogP contribution in [0.15, 0.2) is 42.5 Å². The van der Waals surface area contributed by atoms with Crippen molar-refractivity contribution in [3.63, 3.8) is 0 Å². The Morgan fingerprint density at radius 1 is 1.09 bits per heavy atom. The molecule has 0 spiro atoms. The molecule has 0 radical (unpaired) electrons. The first-order chi connectivity index (χ1) is 21.1. The summed E-state index contributed by atoms with van der Waals surface area (Å²) in [5, 5.41) is 12.9. The van der Waals surface area contributed by atoms with Crippen molar-refractivity contribution in [2.24, 2.45) is 11.8 Å². The maximum absolute atomic E-state index is 14.3. The summed E-state index contributed by atoms with van der Waals surface area (Å²) in [6, 6.07) is 9.79. The van der Waals surface area contributed by atoms with Crippen molar-refractivity contribution in [2.45, 2.75) is 88.9 Å². The molecule has 0 aromatic heterocycles. The quantitative estimate of drug-likeness (QED) is 0.291. The molecule has 2 aromatic rings. The van der Waals surface area contributed by atoms with Crippen molar-refractivity contribution in [3.05, 3.63) is 71.0 Å². The van der Waals surface area contributed by atoms with Crippen LogP contribution in [0.1, 0.15) is 75.8 Å². The molecular formula is C34H44F3N3O4. The Morgan fingerprint density at radius 3 is 2.48 bits per heavy atom. The van der Waals surface area contributed by atoms with Crippen molar-refractivity contribution in [3.8, 4) is 0 Å². The Kier molecular flexibility index (Phi) is 10.2. The molecule has 0 bridgehead atoms. The first kappa shape index (κ1) is 32.3. The maximum Gasteiger partial charge on any atom is 0.410 e. The average molecular weight is 616 g/mol. The molecular weight excluding hydrogens is 571 g/mol. The van der Waals surface area contributed by atoms with Crippen molar-refractivity contribution in [1.29, 1.82) is 0 Å². The molecule has 2 saturated carbocycles. The van der Waals surface area contributed by atoms with Crippen LogP contribution in [-0.2, 0) is 16.1 Å². The van der Waals surface area contributed by atoms with E-state index in [1.54, 1.807) is 24.0 Å². The van der Waals surface area contributed by atoms with Gasteiger partial charge < -0.3 is 19.6 Å². The lowest BCUT2D eigenvalue weighted by Crippen LogP contribution is -2.49. The summed E-state index contributed by atoms with van der Waals surface area (Å²) < 4.78 is 46.6. The lowest BCUT2D eigenvalue weighted by atomic mass is 9.87. The number of piperidine rings is 1. The van der Waals surface area contributed by atoms with Gasteiger partial charge in [0.05, 0.1) is 0 Å². The monoisotopic (exact) mass is 615 g/mol. The molecule has 2 N–H and O–H groups in total. The largest absolute Gasteiger partial charge is 0.480 e. The molecule has 3 aliphatic rings. The fourth-order valence-corrected chi connectivity index (χ4v) is 7.49. The van der Waals surface area contributed by atoms with Gasteiger partial charge in [0.25, 0.3) is 0 Å². The summed E-state index contributed by atoms with van der Waals surface area (Å²) in [4.78, 5) is 28.8. The lowest BCUT2D eigenvalue weighted by Gasteiger charge is -2.39. The fraction of sp³-hybridized carbons (Fsp3) is 0.588. The summed E-state index contributed by atoms with van der Waals surface area (Å²) in [5.74, 6) is -2.17. The number of halogens is 3. The highest BCUT2D eigenvalue weighted by Gasteiger charge is 2.54. The third kappa shape index (κ3) is 7.57. The van der Waals surface area contributed by atoms with E-state index in [4.69, 9.17) is 4.74 Å². The van der Waals surface area contributed by atoms with Gasteiger partial charge in [0, 0.05) is 37.8 Å². The Labute approximate surface area is 257 Å². The molecule has 4 atom stereocenters. The number of hydrogen-bond donors (Lipinski definition) is 2. The van der Waals surface area contributed by atoms with Gasteiger partial charge in [-0.2, -0.15) is 0 Å². The maximum atomic E-state index is 14.3. The van der Waals surface area contributed by atoms with Gasteiger partial charge in [-0.15, -0.1) is 0 Å². The molecule has 44 heavy (non-hydrogen) atoms. The summed E-state index contributed by atoms with van der Waals surface area (Å²) in [5.41, 5.74) is 1.24. The standard InChI is InChI=1S/C34H44F3N3O4/c1-3-13-40(33(43)44-21-23-7-8-30(36)31(37)16-23)28-9-14-39(15-10-28)20-25-17-26(34(11-12-34)38-22(2)32(41)42)19-29(25)24-5-4-6-27(35)18-24/h4-8,16,18,22,25-26,28-29,38H,3,9-15,17,19-21H2,1-2H3,(H,41,42)/t22-,25+,26-,29+/m0/s1. The highest BCUT2D eigenvalue weighted by atomic mass is 19.2. The van der Waals surface area contributed by atoms with Crippen LogP contribution in [0.4, 0.5) is 18.0 Å². The number of benzene rings is 2. The number of nitrogens with one attached hydrogen (secondary N) is 1. The van der Waals surface area contributed by atoms with Crippen molar-refractivity contribution < 1.29 is 32.6 Å². The molecule has 10 heteroatoms. The number of carbonyl (C=O) groups excluding carboxylic acids is 1. The lowest BCUT2D eigenvalue weighted by molar-refractivity contribution is -0.139. The van der Waals surface area contributed by atoms with Gasteiger partial charge in [-0.25, -0.2) is 18.0 Å².